The number of nitrogens with zero attached hydrogens (tertiary/aromatic N) is 1. The molecule has 0 aliphatic carbocycles. The molecule has 0 radical (unpaired) electrons. The van der Waals surface area contributed by atoms with Gasteiger partial charge in [-0.15, -0.1) is 11.3 Å². The molecule has 4 nitrogen and oxygen atoms in total. The Morgan fingerprint density at radius 3 is 3.00 bits per heavy atom. The van der Waals surface area contributed by atoms with Crippen LogP contribution in [0.1, 0.15) is 27.7 Å². The molecule has 2 N–H and O–H groups in total. The molecule has 0 atom stereocenters. The predicted octanol–water partition coefficient (Wildman–Crippen LogP) is 2.68. The highest BCUT2D eigenvalue weighted by molar-refractivity contribution is 7.10. The lowest BCUT2D eigenvalue weighted by atomic mass is 10.2. The Hall–Kier alpha value is -1.88. The maximum absolute atomic E-state index is 12.1. The normalized spacial score (nSPS) is 10.2. The first-order chi connectivity index (χ1) is 9.26. The molecule has 0 saturated heterocycles. The van der Waals surface area contributed by atoms with Crippen molar-refractivity contribution in [3.8, 4) is 0 Å². The molecule has 0 spiro atoms. The molecule has 0 aliphatic rings. The topological polar surface area (TPSA) is 54.0 Å². The van der Waals surface area contributed by atoms with Gasteiger partial charge in [0.1, 0.15) is 0 Å². The fourth-order valence-electron chi connectivity index (χ4n) is 1.88. The first-order valence-corrected chi connectivity index (χ1v) is 7.09. The number of thiophene rings is 1. The van der Waals surface area contributed by atoms with Crippen molar-refractivity contribution in [3.05, 3.63) is 45.9 Å². The number of amides is 1. The Labute approximate surface area is 116 Å². The van der Waals surface area contributed by atoms with Crippen molar-refractivity contribution < 1.29 is 4.79 Å². The number of aromatic nitrogens is 1. The zero-order chi connectivity index (χ0) is 13.7. The summed E-state index contributed by atoms with van der Waals surface area (Å²) in [5.74, 6) is -0.0813. The molecule has 2 aromatic rings. The first kappa shape index (κ1) is 13.5. The molecule has 2 heterocycles. The standard InChI is InChI=1S/C14H17N3OS/c1-3-10-5-7-19-13(10)9-17-14(18)11-4-6-16-8-12(11)15-2/h4-8,15H,3,9H2,1-2H3,(H,17,18). The average molecular weight is 275 g/mol. The number of rotatable bonds is 5. The van der Waals surface area contributed by atoms with Gasteiger partial charge >= 0.3 is 0 Å². The second-order valence-electron chi connectivity index (χ2n) is 4.08. The van der Waals surface area contributed by atoms with Gasteiger partial charge in [0.15, 0.2) is 0 Å². The highest BCUT2D eigenvalue weighted by Gasteiger charge is 2.11. The molecule has 1 amide bonds. The van der Waals surface area contributed by atoms with Crippen LogP contribution in [-0.2, 0) is 13.0 Å². The monoisotopic (exact) mass is 275 g/mol. The van der Waals surface area contributed by atoms with Crippen molar-refractivity contribution in [3.63, 3.8) is 0 Å². The van der Waals surface area contributed by atoms with Crippen LogP contribution >= 0.6 is 11.3 Å². The van der Waals surface area contributed by atoms with Crippen LogP contribution in [0.4, 0.5) is 5.69 Å². The minimum atomic E-state index is -0.0813. The third kappa shape index (κ3) is 3.12. The van der Waals surface area contributed by atoms with Gasteiger partial charge < -0.3 is 10.6 Å². The zero-order valence-corrected chi connectivity index (χ0v) is 11.9. The van der Waals surface area contributed by atoms with Crippen LogP contribution in [0, 0.1) is 0 Å². The van der Waals surface area contributed by atoms with E-state index in [0.29, 0.717) is 12.1 Å². The fraction of sp³-hybridized carbons (Fsp3) is 0.286. The molecular formula is C14H17N3OS. The van der Waals surface area contributed by atoms with Gasteiger partial charge in [-0.1, -0.05) is 6.92 Å². The van der Waals surface area contributed by atoms with E-state index in [9.17, 15) is 4.79 Å². The Balaban J connectivity index is 2.05. The van der Waals surface area contributed by atoms with Crippen LogP contribution < -0.4 is 10.6 Å². The summed E-state index contributed by atoms with van der Waals surface area (Å²) in [6.07, 6.45) is 4.27. The Morgan fingerprint density at radius 1 is 1.42 bits per heavy atom. The average Bonchev–Trinajstić information content (AvgIpc) is 2.92. The van der Waals surface area contributed by atoms with Crippen molar-refractivity contribution in [1.29, 1.82) is 0 Å². The van der Waals surface area contributed by atoms with E-state index in [-0.39, 0.29) is 5.91 Å². The largest absolute Gasteiger partial charge is 0.386 e. The number of carbonyl (C=O) groups is 1. The molecule has 0 bridgehead atoms. The minimum absolute atomic E-state index is 0.0813. The summed E-state index contributed by atoms with van der Waals surface area (Å²) < 4.78 is 0. The van der Waals surface area contributed by atoms with Gasteiger partial charge in [-0.3, -0.25) is 9.78 Å². The summed E-state index contributed by atoms with van der Waals surface area (Å²) in [6, 6.07) is 3.83. The summed E-state index contributed by atoms with van der Waals surface area (Å²) in [5, 5.41) is 7.99. The Bertz CT molecular complexity index is 565. The van der Waals surface area contributed by atoms with Crippen LogP contribution in [0.2, 0.25) is 0 Å². The van der Waals surface area contributed by atoms with Crippen molar-refractivity contribution in [1.82, 2.24) is 10.3 Å². The SMILES string of the molecule is CCc1ccsc1CNC(=O)c1ccncc1NC. The molecule has 19 heavy (non-hydrogen) atoms. The van der Waals surface area contributed by atoms with Crippen molar-refractivity contribution in [2.75, 3.05) is 12.4 Å². The van der Waals surface area contributed by atoms with Gasteiger partial charge in [0, 0.05) is 18.1 Å². The molecule has 2 aromatic heterocycles. The third-order valence-electron chi connectivity index (χ3n) is 2.96. The van der Waals surface area contributed by atoms with E-state index < -0.39 is 0 Å². The molecule has 2 rings (SSSR count). The number of nitrogens with one attached hydrogen (secondary N) is 2. The van der Waals surface area contributed by atoms with Crippen LogP contribution in [0.25, 0.3) is 0 Å². The minimum Gasteiger partial charge on any atom is -0.386 e. The quantitative estimate of drug-likeness (QED) is 0.882. The van der Waals surface area contributed by atoms with Crippen LogP contribution in [-0.4, -0.2) is 17.9 Å². The zero-order valence-electron chi connectivity index (χ0n) is 11.1. The Morgan fingerprint density at radius 2 is 2.26 bits per heavy atom. The molecule has 5 heteroatoms. The lowest BCUT2D eigenvalue weighted by Crippen LogP contribution is -2.23. The van der Waals surface area contributed by atoms with Gasteiger partial charge in [0.2, 0.25) is 0 Å². The molecule has 0 aliphatic heterocycles. The summed E-state index contributed by atoms with van der Waals surface area (Å²) in [4.78, 5) is 17.4. The molecule has 100 valence electrons. The lowest BCUT2D eigenvalue weighted by molar-refractivity contribution is 0.0952. The van der Waals surface area contributed by atoms with Crippen LogP contribution in [0.15, 0.2) is 29.9 Å². The van der Waals surface area contributed by atoms with E-state index in [4.69, 9.17) is 0 Å². The maximum atomic E-state index is 12.1. The summed E-state index contributed by atoms with van der Waals surface area (Å²) in [5.41, 5.74) is 2.66. The highest BCUT2D eigenvalue weighted by atomic mass is 32.1. The second-order valence-corrected chi connectivity index (χ2v) is 5.08. The van der Waals surface area contributed by atoms with Gasteiger partial charge in [0.25, 0.3) is 5.91 Å². The van der Waals surface area contributed by atoms with Crippen molar-refractivity contribution >= 4 is 22.9 Å². The molecule has 0 unspecified atom stereocenters. The van der Waals surface area contributed by atoms with Crippen molar-refractivity contribution in [2.24, 2.45) is 0 Å². The lowest BCUT2D eigenvalue weighted by Gasteiger charge is -2.09. The number of hydrogen-bond donors (Lipinski definition) is 2. The number of aryl methyl sites for hydroxylation is 1. The van der Waals surface area contributed by atoms with E-state index in [0.717, 1.165) is 12.1 Å². The first-order valence-electron chi connectivity index (χ1n) is 6.21. The van der Waals surface area contributed by atoms with Gasteiger partial charge in [-0.2, -0.15) is 0 Å². The smallest absolute Gasteiger partial charge is 0.253 e. The number of carbonyl (C=O) groups excluding carboxylic acids is 1. The van der Waals surface area contributed by atoms with Gasteiger partial charge in [-0.05, 0) is 29.5 Å². The van der Waals surface area contributed by atoms with Crippen LogP contribution in [0.3, 0.4) is 0 Å². The number of hydrogen-bond acceptors (Lipinski definition) is 4. The summed E-state index contributed by atoms with van der Waals surface area (Å²) in [7, 11) is 1.78. The summed E-state index contributed by atoms with van der Waals surface area (Å²) in [6.45, 7) is 2.69. The van der Waals surface area contributed by atoms with E-state index in [1.807, 2.05) is 0 Å². The van der Waals surface area contributed by atoms with E-state index >= 15 is 0 Å². The highest BCUT2D eigenvalue weighted by Crippen LogP contribution is 2.18. The number of pyridine rings is 1. The van der Waals surface area contributed by atoms with E-state index in [1.54, 1.807) is 36.8 Å². The van der Waals surface area contributed by atoms with Gasteiger partial charge in [-0.25, -0.2) is 0 Å². The molecule has 0 saturated carbocycles. The fourth-order valence-corrected chi connectivity index (χ4v) is 2.80. The Kier molecular flexibility index (Phi) is 4.52. The third-order valence-corrected chi connectivity index (χ3v) is 3.93. The van der Waals surface area contributed by atoms with Gasteiger partial charge in [0.05, 0.1) is 24.0 Å². The predicted molar refractivity (Wildman–Crippen MR) is 78.7 cm³/mol. The summed E-state index contributed by atoms with van der Waals surface area (Å²) >= 11 is 1.68. The molecule has 0 fully saturated rings. The van der Waals surface area contributed by atoms with E-state index in [2.05, 4.69) is 34.0 Å². The van der Waals surface area contributed by atoms with Crippen molar-refractivity contribution in [2.45, 2.75) is 19.9 Å². The maximum Gasteiger partial charge on any atom is 0.253 e. The second kappa shape index (κ2) is 6.33. The molecular weight excluding hydrogens is 258 g/mol. The van der Waals surface area contributed by atoms with Crippen LogP contribution in [0.5, 0.6) is 0 Å². The van der Waals surface area contributed by atoms with E-state index in [1.165, 1.54) is 10.4 Å². The number of anilines is 1. The molecule has 0 aromatic carbocycles.